The maximum atomic E-state index is 12.5. The molecule has 1 aliphatic heterocycles. The molecule has 0 unspecified atom stereocenters. The average molecular weight is 258 g/mol. The minimum absolute atomic E-state index is 0.158. The van der Waals surface area contributed by atoms with Crippen LogP contribution in [0, 0.1) is 0 Å². The van der Waals surface area contributed by atoms with Gasteiger partial charge in [-0.3, -0.25) is 0 Å². The first-order valence-electron chi connectivity index (χ1n) is 5.41. The maximum absolute atomic E-state index is 12.5. The zero-order chi connectivity index (χ0) is 12.5. The Bertz CT molecular complexity index is 516. The van der Waals surface area contributed by atoms with Crippen LogP contribution in [-0.4, -0.2) is 28.2 Å². The van der Waals surface area contributed by atoms with Gasteiger partial charge in [0, 0.05) is 12.6 Å². The standard InChI is InChI=1S/C11H15FN2O2S/c1-13-17(15,16)11-3-2-8-4-10(6-12)14-7-9(8)5-11/h2-3,5,10,13-14H,4,6-7H2,1H3/t10-/m1/s1. The molecule has 1 aromatic carbocycles. The Kier molecular flexibility index (Phi) is 3.46. The fourth-order valence-corrected chi connectivity index (χ4v) is 2.73. The predicted molar refractivity (Wildman–Crippen MR) is 63.0 cm³/mol. The van der Waals surface area contributed by atoms with Gasteiger partial charge < -0.3 is 5.32 Å². The summed E-state index contributed by atoms with van der Waals surface area (Å²) in [5.74, 6) is 0. The molecule has 0 aromatic heterocycles. The molecule has 0 spiro atoms. The third kappa shape index (κ3) is 2.48. The van der Waals surface area contributed by atoms with Crippen molar-refractivity contribution in [3.05, 3.63) is 29.3 Å². The summed E-state index contributed by atoms with van der Waals surface area (Å²) in [4.78, 5) is 0.249. The third-order valence-corrected chi connectivity index (χ3v) is 4.40. The molecule has 17 heavy (non-hydrogen) atoms. The molecule has 2 rings (SSSR count). The summed E-state index contributed by atoms with van der Waals surface area (Å²) in [7, 11) is -2.02. The highest BCUT2D eigenvalue weighted by atomic mass is 32.2. The lowest BCUT2D eigenvalue weighted by Crippen LogP contribution is -2.37. The van der Waals surface area contributed by atoms with Crippen molar-refractivity contribution in [3.63, 3.8) is 0 Å². The molecule has 1 heterocycles. The van der Waals surface area contributed by atoms with Crippen LogP contribution in [0.2, 0.25) is 0 Å². The van der Waals surface area contributed by atoms with Gasteiger partial charge >= 0.3 is 0 Å². The molecule has 0 saturated heterocycles. The summed E-state index contributed by atoms with van der Waals surface area (Å²) in [6.45, 7) is 0.104. The van der Waals surface area contributed by atoms with Gasteiger partial charge in [-0.25, -0.2) is 17.5 Å². The largest absolute Gasteiger partial charge is 0.307 e. The molecule has 0 aliphatic carbocycles. The number of hydrogen-bond acceptors (Lipinski definition) is 3. The van der Waals surface area contributed by atoms with Crippen LogP contribution in [-0.2, 0) is 23.0 Å². The van der Waals surface area contributed by atoms with Crippen LogP contribution >= 0.6 is 0 Å². The van der Waals surface area contributed by atoms with Gasteiger partial charge in [0.15, 0.2) is 0 Å². The molecule has 1 aromatic rings. The van der Waals surface area contributed by atoms with Crippen LogP contribution in [0.25, 0.3) is 0 Å². The molecule has 0 amide bonds. The number of hydrogen-bond donors (Lipinski definition) is 2. The van der Waals surface area contributed by atoms with Gasteiger partial charge in [-0.1, -0.05) is 6.07 Å². The van der Waals surface area contributed by atoms with Crippen molar-refractivity contribution in [3.8, 4) is 0 Å². The fourth-order valence-electron chi connectivity index (χ4n) is 1.95. The number of fused-ring (bicyclic) bond motifs is 1. The average Bonchev–Trinajstić information content (AvgIpc) is 2.37. The molecule has 0 radical (unpaired) electrons. The van der Waals surface area contributed by atoms with Gasteiger partial charge in [0.05, 0.1) is 4.90 Å². The molecule has 1 aliphatic rings. The van der Waals surface area contributed by atoms with E-state index in [2.05, 4.69) is 10.0 Å². The van der Waals surface area contributed by atoms with Crippen LogP contribution < -0.4 is 10.0 Å². The zero-order valence-corrected chi connectivity index (χ0v) is 10.3. The first kappa shape index (κ1) is 12.5. The Hall–Kier alpha value is -0.980. The van der Waals surface area contributed by atoms with Gasteiger partial charge in [-0.05, 0) is 36.7 Å². The number of alkyl halides is 1. The number of halogens is 1. The minimum atomic E-state index is -3.40. The van der Waals surface area contributed by atoms with Crippen molar-refractivity contribution >= 4 is 10.0 Å². The van der Waals surface area contributed by atoms with Gasteiger partial charge in [0.25, 0.3) is 0 Å². The van der Waals surface area contributed by atoms with Crippen LogP contribution in [0.5, 0.6) is 0 Å². The topological polar surface area (TPSA) is 58.2 Å². The van der Waals surface area contributed by atoms with Crippen molar-refractivity contribution < 1.29 is 12.8 Å². The summed E-state index contributed by atoms with van der Waals surface area (Å²) >= 11 is 0. The highest BCUT2D eigenvalue weighted by molar-refractivity contribution is 7.89. The Morgan fingerprint density at radius 3 is 2.88 bits per heavy atom. The summed E-state index contributed by atoms with van der Waals surface area (Å²) in [6.07, 6.45) is 0.603. The highest BCUT2D eigenvalue weighted by Gasteiger charge is 2.20. The van der Waals surface area contributed by atoms with Crippen molar-refractivity contribution in [2.75, 3.05) is 13.7 Å². The second-order valence-corrected chi connectivity index (χ2v) is 5.96. The van der Waals surface area contributed by atoms with E-state index >= 15 is 0 Å². The van der Waals surface area contributed by atoms with E-state index in [0.29, 0.717) is 13.0 Å². The zero-order valence-electron chi connectivity index (χ0n) is 9.53. The van der Waals surface area contributed by atoms with Crippen LogP contribution in [0.1, 0.15) is 11.1 Å². The monoisotopic (exact) mass is 258 g/mol. The molecular weight excluding hydrogens is 243 g/mol. The molecular formula is C11H15FN2O2S. The normalized spacial score (nSPS) is 20.0. The summed E-state index contributed by atoms with van der Waals surface area (Å²) in [5, 5.41) is 3.03. The van der Waals surface area contributed by atoms with E-state index in [1.807, 2.05) is 0 Å². The van der Waals surface area contributed by atoms with Crippen LogP contribution in [0.3, 0.4) is 0 Å². The summed E-state index contributed by atoms with van der Waals surface area (Å²) in [6, 6.07) is 4.81. The first-order chi connectivity index (χ1) is 8.06. The molecule has 94 valence electrons. The molecule has 1 atom stereocenters. The van der Waals surface area contributed by atoms with Crippen molar-refractivity contribution in [1.29, 1.82) is 0 Å². The first-order valence-corrected chi connectivity index (χ1v) is 6.90. The fraction of sp³-hybridized carbons (Fsp3) is 0.455. The predicted octanol–water partition coefficient (Wildman–Crippen LogP) is 0.578. The molecule has 0 bridgehead atoms. The SMILES string of the molecule is CNS(=O)(=O)c1ccc2c(c1)CN[C@@H](CF)C2. The third-order valence-electron chi connectivity index (χ3n) is 2.99. The summed E-state index contributed by atoms with van der Waals surface area (Å²) < 4.78 is 38.0. The van der Waals surface area contributed by atoms with Crippen molar-refractivity contribution in [2.24, 2.45) is 0 Å². The van der Waals surface area contributed by atoms with Crippen LogP contribution in [0.15, 0.2) is 23.1 Å². The Morgan fingerprint density at radius 2 is 2.24 bits per heavy atom. The molecule has 6 heteroatoms. The quantitative estimate of drug-likeness (QED) is 0.833. The van der Waals surface area contributed by atoms with Gasteiger partial charge in [-0.15, -0.1) is 0 Å². The van der Waals surface area contributed by atoms with Gasteiger partial charge in [0.1, 0.15) is 6.67 Å². The van der Waals surface area contributed by atoms with Crippen LogP contribution in [0.4, 0.5) is 4.39 Å². The Balaban J connectivity index is 2.34. The Labute approximate surface area is 100 Å². The lowest BCUT2D eigenvalue weighted by atomic mass is 9.96. The van der Waals surface area contributed by atoms with E-state index in [1.54, 1.807) is 18.2 Å². The molecule has 0 saturated carbocycles. The Morgan fingerprint density at radius 1 is 1.47 bits per heavy atom. The lowest BCUT2D eigenvalue weighted by Gasteiger charge is -2.24. The number of benzene rings is 1. The maximum Gasteiger partial charge on any atom is 0.240 e. The van der Waals surface area contributed by atoms with E-state index in [4.69, 9.17) is 0 Å². The van der Waals surface area contributed by atoms with E-state index < -0.39 is 16.7 Å². The second kappa shape index (κ2) is 4.72. The number of nitrogens with one attached hydrogen (secondary N) is 2. The van der Waals surface area contributed by atoms with Gasteiger partial charge in [0.2, 0.25) is 10.0 Å². The minimum Gasteiger partial charge on any atom is -0.307 e. The second-order valence-electron chi connectivity index (χ2n) is 4.07. The number of sulfonamides is 1. The highest BCUT2D eigenvalue weighted by Crippen LogP contribution is 2.21. The van der Waals surface area contributed by atoms with Gasteiger partial charge in [-0.2, -0.15) is 0 Å². The molecule has 2 N–H and O–H groups in total. The lowest BCUT2D eigenvalue weighted by molar-refractivity contribution is 0.358. The van der Waals surface area contributed by atoms with Crippen molar-refractivity contribution in [1.82, 2.24) is 10.0 Å². The van der Waals surface area contributed by atoms with E-state index in [-0.39, 0.29) is 10.9 Å². The van der Waals surface area contributed by atoms with E-state index in [9.17, 15) is 12.8 Å². The van der Waals surface area contributed by atoms with E-state index in [0.717, 1.165) is 11.1 Å². The molecule has 0 fully saturated rings. The van der Waals surface area contributed by atoms with E-state index in [1.165, 1.54) is 7.05 Å². The summed E-state index contributed by atoms with van der Waals surface area (Å²) in [5.41, 5.74) is 1.94. The van der Waals surface area contributed by atoms with Crippen molar-refractivity contribution in [2.45, 2.75) is 23.9 Å². The number of rotatable bonds is 3. The molecule has 4 nitrogen and oxygen atoms in total. The smallest absolute Gasteiger partial charge is 0.240 e.